The first-order valence-electron chi connectivity index (χ1n) is 8.32. The van der Waals surface area contributed by atoms with Gasteiger partial charge in [0.2, 0.25) is 5.91 Å². The van der Waals surface area contributed by atoms with Gasteiger partial charge in [0.15, 0.2) is 0 Å². The van der Waals surface area contributed by atoms with Crippen LogP contribution in [0.3, 0.4) is 0 Å². The number of carbonyl (C=O) groups excluding carboxylic acids is 2. The molecule has 1 saturated heterocycles. The molecule has 24 heavy (non-hydrogen) atoms. The standard InChI is InChI=1S/C19H23N3O2/c1-3-10-21-12-16(15-6-4-5-7-17(15)21)19(24)22-11-14(18(20)23)9-8-13(22)2/h3-7,12-14H,1,8-11H2,2H3,(H2,20,23)/t13-,14-/m1/s1. The second kappa shape index (κ2) is 6.51. The Morgan fingerprint density at radius 1 is 1.33 bits per heavy atom. The molecule has 1 aromatic heterocycles. The van der Waals surface area contributed by atoms with E-state index in [-0.39, 0.29) is 23.8 Å². The van der Waals surface area contributed by atoms with E-state index in [1.54, 1.807) is 4.90 Å². The van der Waals surface area contributed by atoms with E-state index in [9.17, 15) is 9.59 Å². The van der Waals surface area contributed by atoms with Crippen molar-refractivity contribution in [3.63, 3.8) is 0 Å². The van der Waals surface area contributed by atoms with E-state index in [1.165, 1.54) is 0 Å². The van der Waals surface area contributed by atoms with Crippen molar-refractivity contribution in [1.29, 1.82) is 0 Å². The second-order valence-electron chi connectivity index (χ2n) is 6.48. The molecule has 2 amide bonds. The van der Waals surface area contributed by atoms with E-state index in [1.807, 2.05) is 48.0 Å². The summed E-state index contributed by atoms with van der Waals surface area (Å²) in [6, 6.07) is 7.96. The van der Waals surface area contributed by atoms with Gasteiger partial charge in [0.1, 0.15) is 0 Å². The molecule has 0 bridgehead atoms. The van der Waals surface area contributed by atoms with Gasteiger partial charge in [-0.1, -0.05) is 24.3 Å². The van der Waals surface area contributed by atoms with Gasteiger partial charge >= 0.3 is 0 Å². The van der Waals surface area contributed by atoms with E-state index < -0.39 is 0 Å². The number of hydrogen-bond acceptors (Lipinski definition) is 2. The Hall–Kier alpha value is -2.56. The zero-order valence-electron chi connectivity index (χ0n) is 13.9. The highest BCUT2D eigenvalue weighted by molar-refractivity contribution is 6.07. The molecule has 0 unspecified atom stereocenters. The summed E-state index contributed by atoms with van der Waals surface area (Å²) in [5.74, 6) is -0.618. The van der Waals surface area contributed by atoms with Crippen molar-refractivity contribution in [2.75, 3.05) is 6.54 Å². The SMILES string of the molecule is C=CCn1cc(C(=O)N2C[C@H](C(N)=O)CC[C@H]2C)c2ccccc21. The third kappa shape index (κ3) is 2.82. The van der Waals surface area contributed by atoms with Crippen molar-refractivity contribution in [2.45, 2.75) is 32.4 Å². The number of benzene rings is 1. The topological polar surface area (TPSA) is 68.3 Å². The number of para-hydroxylation sites is 1. The Balaban J connectivity index is 1.98. The molecule has 0 saturated carbocycles. The number of likely N-dealkylation sites (tertiary alicyclic amines) is 1. The first-order chi connectivity index (χ1) is 11.5. The van der Waals surface area contributed by atoms with Crippen LogP contribution in [0.15, 0.2) is 43.1 Å². The number of rotatable bonds is 4. The molecule has 2 N–H and O–H groups in total. The Kier molecular flexibility index (Phi) is 4.42. The largest absolute Gasteiger partial charge is 0.369 e. The van der Waals surface area contributed by atoms with Gasteiger partial charge in [-0.25, -0.2) is 0 Å². The van der Waals surface area contributed by atoms with Crippen LogP contribution in [0, 0.1) is 5.92 Å². The van der Waals surface area contributed by atoms with Gasteiger partial charge in [0.25, 0.3) is 5.91 Å². The average Bonchev–Trinajstić information content (AvgIpc) is 2.94. The van der Waals surface area contributed by atoms with Crippen molar-refractivity contribution in [1.82, 2.24) is 9.47 Å². The predicted octanol–water partition coefficient (Wildman–Crippen LogP) is 2.55. The Morgan fingerprint density at radius 3 is 2.79 bits per heavy atom. The lowest BCUT2D eigenvalue weighted by atomic mass is 9.92. The quantitative estimate of drug-likeness (QED) is 0.878. The average molecular weight is 325 g/mol. The van der Waals surface area contributed by atoms with Crippen LogP contribution in [0.1, 0.15) is 30.1 Å². The molecule has 2 atom stereocenters. The summed E-state index contributed by atoms with van der Waals surface area (Å²) in [5.41, 5.74) is 7.14. The van der Waals surface area contributed by atoms with Crippen molar-refractivity contribution >= 4 is 22.7 Å². The van der Waals surface area contributed by atoms with Gasteiger partial charge in [0, 0.05) is 36.2 Å². The molecule has 1 aliphatic heterocycles. The summed E-state index contributed by atoms with van der Waals surface area (Å²) in [7, 11) is 0. The zero-order valence-corrected chi connectivity index (χ0v) is 13.9. The number of nitrogens with zero attached hydrogens (tertiary/aromatic N) is 2. The van der Waals surface area contributed by atoms with Gasteiger partial charge < -0.3 is 15.2 Å². The number of hydrogen-bond donors (Lipinski definition) is 1. The molecule has 5 nitrogen and oxygen atoms in total. The van der Waals surface area contributed by atoms with Crippen LogP contribution in [0.4, 0.5) is 0 Å². The normalized spacial score (nSPS) is 21.0. The first-order valence-corrected chi connectivity index (χ1v) is 8.32. The smallest absolute Gasteiger partial charge is 0.256 e. The number of amides is 2. The maximum atomic E-state index is 13.1. The lowest BCUT2D eigenvalue weighted by Gasteiger charge is -2.36. The molecule has 0 radical (unpaired) electrons. The molecule has 2 heterocycles. The van der Waals surface area contributed by atoms with Crippen LogP contribution < -0.4 is 5.73 Å². The molecule has 1 aromatic carbocycles. The Morgan fingerprint density at radius 2 is 2.08 bits per heavy atom. The van der Waals surface area contributed by atoms with Crippen LogP contribution in [0.25, 0.3) is 10.9 Å². The van der Waals surface area contributed by atoms with Crippen LogP contribution >= 0.6 is 0 Å². The highest BCUT2D eigenvalue weighted by Gasteiger charge is 2.33. The summed E-state index contributed by atoms with van der Waals surface area (Å²) in [6.45, 7) is 6.85. The van der Waals surface area contributed by atoms with Crippen LogP contribution in [0.5, 0.6) is 0 Å². The molecule has 0 spiro atoms. The molecule has 126 valence electrons. The molecule has 5 heteroatoms. The van der Waals surface area contributed by atoms with Gasteiger partial charge in [0.05, 0.1) is 11.5 Å². The van der Waals surface area contributed by atoms with E-state index in [0.717, 1.165) is 23.7 Å². The maximum Gasteiger partial charge on any atom is 0.256 e. The highest BCUT2D eigenvalue weighted by Crippen LogP contribution is 2.27. The lowest BCUT2D eigenvalue weighted by molar-refractivity contribution is -0.123. The summed E-state index contributed by atoms with van der Waals surface area (Å²) < 4.78 is 2.02. The Bertz CT molecular complexity index is 793. The molecular weight excluding hydrogens is 302 g/mol. The maximum absolute atomic E-state index is 13.1. The van der Waals surface area contributed by atoms with Crippen molar-refractivity contribution < 1.29 is 9.59 Å². The van der Waals surface area contributed by atoms with Crippen molar-refractivity contribution in [3.8, 4) is 0 Å². The summed E-state index contributed by atoms with van der Waals surface area (Å²) >= 11 is 0. The molecule has 0 aliphatic carbocycles. The van der Waals surface area contributed by atoms with Gasteiger partial charge in [-0.05, 0) is 25.8 Å². The molecule has 2 aromatic rings. The Labute approximate surface area is 141 Å². The number of piperidine rings is 1. The minimum atomic E-state index is -0.325. The van der Waals surface area contributed by atoms with E-state index in [0.29, 0.717) is 18.7 Å². The van der Waals surface area contributed by atoms with E-state index in [2.05, 4.69) is 6.58 Å². The predicted molar refractivity (Wildman–Crippen MR) is 94.6 cm³/mol. The summed E-state index contributed by atoms with van der Waals surface area (Å²) in [6.07, 6.45) is 5.24. The number of nitrogens with two attached hydrogens (primary N) is 1. The number of carbonyl (C=O) groups is 2. The summed E-state index contributed by atoms with van der Waals surface area (Å²) in [5, 5.41) is 0.928. The van der Waals surface area contributed by atoms with Gasteiger partial charge in [-0.3, -0.25) is 9.59 Å². The van der Waals surface area contributed by atoms with Crippen molar-refractivity contribution in [3.05, 3.63) is 48.7 Å². The van der Waals surface area contributed by atoms with Crippen LogP contribution in [-0.2, 0) is 11.3 Å². The van der Waals surface area contributed by atoms with Crippen molar-refractivity contribution in [2.24, 2.45) is 11.7 Å². The fraction of sp³-hybridized carbons (Fsp3) is 0.368. The van der Waals surface area contributed by atoms with E-state index in [4.69, 9.17) is 5.73 Å². The number of fused-ring (bicyclic) bond motifs is 1. The number of primary amides is 1. The van der Waals surface area contributed by atoms with Crippen LogP contribution in [0.2, 0.25) is 0 Å². The van der Waals surface area contributed by atoms with E-state index >= 15 is 0 Å². The molecule has 3 rings (SSSR count). The first kappa shape index (κ1) is 16.3. The molecule has 1 aliphatic rings. The third-order valence-corrected chi connectivity index (χ3v) is 4.89. The van der Waals surface area contributed by atoms with Gasteiger partial charge in [-0.15, -0.1) is 6.58 Å². The minimum Gasteiger partial charge on any atom is -0.369 e. The highest BCUT2D eigenvalue weighted by atomic mass is 16.2. The van der Waals surface area contributed by atoms with Gasteiger partial charge in [-0.2, -0.15) is 0 Å². The fourth-order valence-corrected chi connectivity index (χ4v) is 3.48. The monoisotopic (exact) mass is 325 g/mol. The second-order valence-corrected chi connectivity index (χ2v) is 6.48. The third-order valence-electron chi connectivity index (χ3n) is 4.89. The summed E-state index contributed by atoms with van der Waals surface area (Å²) in [4.78, 5) is 26.5. The number of aromatic nitrogens is 1. The lowest BCUT2D eigenvalue weighted by Crippen LogP contribution is -2.48. The zero-order chi connectivity index (χ0) is 17.3. The van der Waals surface area contributed by atoms with Crippen LogP contribution in [-0.4, -0.2) is 33.9 Å². The minimum absolute atomic E-state index is 0.0348. The molecular formula is C19H23N3O2. The fourth-order valence-electron chi connectivity index (χ4n) is 3.48. The molecule has 1 fully saturated rings. The number of allylic oxidation sites excluding steroid dienone is 1.